The summed E-state index contributed by atoms with van der Waals surface area (Å²) in [7, 11) is 2.12. The molecule has 2 N–H and O–H groups in total. The van der Waals surface area contributed by atoms with Crippen molar-refractivity contribution in [3.05, 3.63) is 36.0 Å². The zero-order valence-electron chi connectivity index (χ0n) is 15.0. The van der Waals surface area contributed by atoms with E-state index in [9.17, 15) is 4.79 Å². The van der Waals surface area contributed by atoms with Crippen molar-refractivity contribution in [1.82, 2.24) is 30.5 Å². The second kappa shape index (κ2) is 10.4. The first-order valence-corrected chi connectivity index (χ1v) is 8.09. The Morgan fingerprint density at radius 2 is 1.82 bits per heavy atom. The number of nitrogens with zero attached hydrogens (tertiary/aromatic N) is 6. The van der Waals surface area contributed by atoms with E-state index in [-0.39, 0.29) is 49.1 Å². The molecule has 0 saturated carbocycles. The van der Waals surface area contributed by atoms with E-state index < -0.39 is 0 Å². The molecular formula is C16H21Cl3N8O. The van der Waals surface area contributed by atoms with Gasteiger partial charge in [0.2, 0.25) is 0 Å². The first-order valence-electron chi connectivity index (χ1n) is 8.09. The van der Waals surface area contributed by atoms with Gasteiger partial charge in [0.1, 0.15) is 5.69 Å². The zero-order chi connectivity index (χ0) is 17.2. The Labute approximate surface area is 180 Å². The number of fused-ring (bicyclic) bond motifs is 1. The van der Waals surface area contributed by atoms with Gasteiger partial charge in [0, 0.05) is 37.3 Å². The van der Waals surface area contributed by atoms with Crippen molar-refractivity contribution >= 4 is 65.7 Å². The minimum Gasteiger partial charge on any atom is -0.368 e. The molecule has 9 nitrogen and oxygen atoms in total. The summed E-state index contributed by atoms with van der Waals surface area (Å²) < 4.78 is 0. The maximum atomic E-state index is 12.5. The molecule has 152 valence electrons. The van der Waals surface area contributed by atoms with Crippen LogP contribution in [-0.4, -0.2) is 69.6 Å². The molecule has 1 aromatic carbocycles. The number of aromatic nitrogens is 5. The topological polar surface area (TPSA) is 103 Å². The number of hydrogen-bond donors (Lipinski definition) is 2. The molecule has 4 rings (SSSR count). The molecule has 0 atom stereocenters. The second-order valence-corrected chi connectivity index (χ2v) is 6.02. The molecule has 1 aliphatic heterocycles. The van der Waals surface area contributed by atoms with E-state index in [1.54, 1.807) is 0 Å². The van der Waals surface area contributed by atoms with Crippen molar-refractivity contribution < 1.29 is 4.79 Å². The van der Waals surface area contributed by atoms with Gasteiger partial charge in [-0.2, -0.15) is 5.21 Å². The van der Waals surface area contributed by atoms with Gasteiger partial charge in [-0.1, -0.05) is 23.3 Å². The third kappa shape index (κ3) is 4.99. The molecule has 3 heterocycles. The molecule has 12 heteroatoms. The number of tetrazole rings is 1. The first kappa shape index (κ1) is 23.8. The molecule has 0 spiro atoms. The molecule has 0 aliphatic carbocycles. The minimum absolute atomic E-state index is 0. The van der Waals surface area contributed by atoms with Crippen LogP contribution in [0.3, 0.4) is 0 Å². The van der Waals surface area contributed by atoms with Crippen molar-refractivity contribution in [1.29, 1.82) is 0 Å². The highest BCUT2D eigenvalue weighted by atomic mass is 35.5. The molecule has 28 heavy (non-hydrogen) atoms. The predicted octanol–water partition coefficient (Wildman–Crippen LogP) is 2.02. The van der Waals surface area contributed by atoms with Crippen molar-refractivity contribution in [2.24, 2.45) is 0 Å². The maximum absolute atomic E-state index is 12.5. The third-order valence-electron chi connectivity index (χ3n) is 4.34. The van der Waals surface area contributed by atoms with Gasteiger partial charge in [0.25, 0.3) is 11.9 Å². The molecule has 1 amide bonds. The Kier molecular flexibility index (Phi) is 8.83. The summed E-state index contributed by atoms with van der Waals surface area (Å²) in [4.78, 5) is 21.6. The number of hydrogen-bond acceptors (Lipinski definition) is 7. The Morgan fingerprint density at radius 1 is 1.11 bits per heavy atom. The first-order chi connectivity index (χ1) is 12.2. The summed E-state index contributed by atoms with van der Waals surface area (Å²) in [5, 5.41) is 16.9. The van der Waals surface area contributed by atoms with Gasteiger partial charge < -0.3 is 9.80 Å². The number of benzene rings is 1. The van der Waals surface area contributed by atoms with Crippen LogP contribution < -0.4 is 10.2 Å². The highest BCUT2D eigenvalue weighted by Crippen LogP contribution is 2.27. The van der Waals surface area contributed by atoms with Crippen LogP contribution in [0.1, 0.15) is 10.5 Å². The third-order valence-corrected chi connectivity index (χ3v) is 4.34. The number of anilines is 2. The smallest absolute Gasteiger partial charge is 0.276 e. The number of amides is 1. The number of carbonyl (C=O) groups is 1. The molecule has 1 aliphatic rings. The van der Waals surface area contributed by atoms with Gasteiger partial charge in [-0.3, -0.25) is 10.1 Å². The summed E-state index contributed by atoms with van der Waals surface area (Å²) in [6, 6.07) is 9.70. The highest BCUT2D eigenvalue weighted by Gasteiger charge is 2.20. The average molecular weight is 448 g/mol. The number of H-pyrrole nitrogens is 1. The molecule has 0 bridgehead atoms. The van der Waals surface area contributed by atoms with E-state index in [4.69, 9.17) is 0 Å². The van der Waals surface area contributed by atoms with E-state index in [2.05, 4.69) is 47.8 Å². The quantitative estimate of drug-likeness (QED) is 0.633. The lowest BCUT2D eigenvalue weighted by molar-refractivity contribution is 0.102. The molecule has 1 saturated heterocycles. The average Bonchev–Trinajstić information content (AvgIpc) is 3.14. The van der Waals surface area contributed by atoms with Gasteiger partial charge >= 0.3 is 0 Å². The summed E-state index contributed by atoms with van der Waals surface area (Å²) in [6.07, 6.45) is 0. The molecule has 1 fully saturated rings. The number of carbonyl (C=O) groups excluding carboxylic acids is 1. The van der Waals surface area contributed by atoms with Crippen LogP contribution in [0.25, 0.3) is 10.9 Å². The van der Waals surface area contributed by atoms with E-state index in [0.29, 0.717) is 5.69 Å². The van der Waals surface area contributed by atoms with Crippen molar-refractivity contribution in [2.45, 2.75) is 0 Å². The van der Waals surface area contributed by atoms with Crippen LogP contribution in [-0.2, 0) is 0 Å². The summed E-state index contributed by atoms with van der Waals surface area (Å²) in [5.41, 5.74) is 2.14. The standard InChI is InChI=1S/C16H18N8O.3ClH/c1-23-6-8-24(9-7-23)14-10-13(15(25)18-16-19-21-22-20-16)17-12-5-3-2-4-11(12)14;;;/h2-5,10H,6-9H2,1H3,(H2,18,19,20,21,22,25);3*1H. The summed E-state index contributed by atoms with van der Waals surface area (Å²) >= 11 is 0. The van der Waals surface area contributed by atoms with Gasteiger partial charge in [0.15, 0.2) is 0 Å². The van der Waals surface area contributed by atoms with Gasteiger partial charge in [-0.15, -0.1) is 42.3 Å². The van der Waals surface area contributed by atoms with Crippen LogP contribution >= 0.6 is 37.2 Å². The van der Waals surface area contributed by atoms with Gasteiger partial charge in [-0.05, 0) is 24.4 Å². The number of pyridine rings is 1. The number of piperazine rings is 1. The van der Waals surface area contributed by atoms with Crippen molar-refractivity contribution in [3.63, 3.8) is 0 Å². The Balaban J connectivity index is 0.00000131. The van der Waals surface area contributed by atoms with Crippen LogP contribution in [0, 0.1) is 0 Å². The van der Waals surface area contributed by atoms with E-state index >= 15 is 0 Å². The van der Waals surface area contributed by atoms with Gasteiger partial charge in [0.05, 0.1) is 5.52 Å². The predicted molar refractivity (Wildman–Crippen MR) is 115 cm³/mol. The molecular weight excluding hydrogens is 427 g/mol. The number of halogens is 3. The fourth-order valence-corrected chi connectivity index (χ4v) is 2.96. The van der Waals surface area contributed by atoms with Crippen LogP contribution in [0.4, 0.5) is 11.6 Å². The second-order valence-electron chi connectivity index (χ2n) is 6.02. The molecule has 0 unspecified atom stereocenters. The lowest BCUT2D eigenvalue weighted by Gasteiger charge is -2.34. The maximum Gasteiger partial charge on any atom is 0.276 e. The summed E-state index contributed by atoms with van der Waals surface area (Å²) in [6.45, 7) is 3.80. The molecule has 3 aromatic rings. The Hall–Kier alpha value is -2.20. The normalized spacial score (nSPS) is 13.8. The van der Waals surface area contributed by atoms with E-state index in [1.165, 1.54) is 0 Å². The SMILES string of the molecule is CN1CCN(c2cc(C(=O)Nc3nn[nH]n3)nc3ccccc23)CC1.Cl.Cl.Cl. The monoisotopic (exact) mass is 446 g/mol. The van der Waals surface area contributed by atoms with Crippen LogP contribution in [0.5, 0.6) is 0 Å². The number of nitrogens with one attached hydrogen (secondary N) is 2. The Morgan fingerprint density at radius 3 is 2.50 bits per heavy atom. The highest BCUT2D eigenvalue weighted by molar-refractivity contribution is 6.05. The number of para-hydroxylation sites is 1. The van der Waals surface area contributed by atoms with Crippen molar-refractivity contribution in [3.8, 4) is 0 Å². The molecule has 2 aromatic heterocycles. The number of aromatic amines is 1. The fourth-order valence-electron chi connectivity index (χ4n) is 2.96. The van der Waals surface area contributed by atoms with Crippen molar-refractivity contribution in [2.75, 3.05) is 43.4 Å². The van der Waals surface area contributed by atoms with Crippen LogP contribution in [0.2, 0.25) is 0 Å². The van der Waals surface area contributed by atoms with Gasteiger partial charge in [-0.25, -0.2) is 4.98 Å². The van der Waals surface area contributed by atoms with E-state index in [0.717, 1.165) is 42.8 Å². The molecule has 0 radical (unpaired) electrons. The Bertz CT molecular complexity index is 900. The zero-order valence-corrected chi connectivity index (χ0v) is 17.5. The lowest BCUT2D eigenvalue weighted by atomic mass is 10.1. The number of rotatable bonds is 3. The summed E-state index contributed by atoms with van der Waals surface area (Å²) in [5.74, 6) is -0.233. The largest absolute Gasteiger partial charge is 0.368 e. The fraction of sp³-hybridized carbons (Fsp3) is 0.312. The van der Waals surface area contributed by atoms with E-state index in [1.807, 2.05) is 30.3 Å². The van der Waals surface area contributed by atoms with Crippen LogP contribution in [0.15, 0.2) is 30.3 Å². The lowest BCUT2D eigenvalue weighted by Crippen LogP contribution is -2.44. The minimum atomic E-state index is -0.359. The number of likely N-dealkylation sites (N-methyl/N-ethyl adjacent to an activating group) is 1.